The highest BCUT2D eigenvalue weighted by atomic mass is 16.5. The highest BCUT2D eigenvalue weighted by Gasteiger charge is 1.98. The number of amides is 1. The summed E-state index contributed by atoms with van der Waals surface area (Å²) in [4.78, 5) is 21.9. The maximum atomic E-state index is 11.2. The van der Waals surface area contributed by atoms with Gasteiger partial charge in [-0.05, 0) is 51.9 Å². The highest BCUT2D eigenvalue weighted by molar-refractivity contribution is 5.76. The molecule has 1 N–H and O–H groups in total. The minimum Gasteiger partial charge on any atom is -0.381 e. The van der Waals surface area contributed by atoms with Crippen LogP contribution < -0.4 is 5.32 Å². The van der Waals surface area contributed by atoms with E-state index < -0.39 is 0 Å². The van der Waals surface area contributed by atoms with Gasteiger partial charge in [-0.2, -0.15) is 0 Å². The largest absolute Gasteiger partial charge is 0.381 e. The second kappa shape index (κ2) is 16.4. The van der Waals surface area contributed by atoms with E-state index in [4.69, 9.17) is 9.47 Å². The minimum atomic E-state index is 0.0771. The van der Waals surface area contributed by atoms with E-state index in [1.165, 1.54) is 6.92 Å². The Hall–Kier alpha value is -0.940. The molecule has 22 heavy (non-hydrogen) atoms. The average molecular weight is 315 g/mol. The summed E-state index contributed by atoms with van der Waals surface area (Å²) >= 11 is 0. The van der Waals surface area contributed by atoms with Crippen LogP contribution in [0.25, 0.3) is 0 Å². The maximum absolute atomic E-state index is 11.2. The van der Waals surface area contributed by atoms with Gasteiger partial charge in [-0.3, -0.25) is 9.59 Å². The molecule has 0 aromatic heterocycles. The van der Waals surface area contributed by atoms with Crippen molar-refractivity contribution in [1.29, 1.82) is 0 Å². The van der Waals surface area contributed by atoms with Crippen molar-refractivity contribution in [3.63, 3.8) is 0 Å². The first-order valence-electron chi connectivity index (χ1n) is 8.58. The number of ether oxygens (including phenoxy) is 2. The summed E-state index contributed by atoms with van der Waals surface area (Å²) in [6.45, 7) is 6.80. The SMILES string of the molecule is CCCC(=O)NCCCCCOCCCCCOCC(C)=O. The Balaban J connectivity index is 3.05. The third-order valence-electron chi connectivity index (χ3n) is 3.15. The van der Waals surface area contributed by atoms with Crippen molar-refractivity contribution in [2.45, 2.75) is 65.2 Å². The van der Waals surface area contributed by atoms with Crippen LogP contribution in [0.1, 0.15) is 65.2 Å². The van der Waals surface area contributed by atoms with Crippen molar-refractivity contribution >= 4 is 11.7 Å². The molecule has 0 atom stereocenters. The Morgan fingerprint density at radius 2 is 1.45 bits per heavy atom. The Morgan fingerprint density at radius 3 is 2.05 bits per heavy atom. The predicted molar refractivity (Wildman–Crippen MR) is 87.9 cm³/mol. The van der Waals surface area contributed by atoms with Gasteiger partial charge < -0.3 is 14.8 Å². The molecular formula is C17H33NO4. The monoisotopic (exact) mass is 315 g/mol. The molecule has 0 aliphatic carbocycles. The second-order valence-corrected chi connectivity index (χ2v) is 5.59. The first kappa shape index (κ1) is 21.1. The fourth-order valence-electron chi connectivity index (χ4n) is 1.95. The summed E-state index contributed by atoms with van der Waals surface area (Å²) in [6.07, 6.45) is 7.78. The summed E-state index contributed by atoms with van der Waals surface area (Å²) in [5.41, 5.74) is 0. The summed E-state index contributed by atoms with van der Waals surface area (Å²) in [5, 5.41) is 2.91. The van der Waals surface area contributed by atoms with Crippen molar-refractivity contribution in [3.05, 3.63) is 0 Å². The van der Waals surface area contributed by atoms with Crippen molar-refractivity contribution in [1.82, 2.24) is 5.32 Å². The van der Waals surface area contributed by atoms with Gasteiger partial charge >= 0.3 is 0 Å². The molecule has 0 rings (SSSR count). The fourth-order valence-corrected chi connectivity index (χ4v) is 1.95. The predicted octanol–water partition coefficient (Wildman–Crippen LogP) is 2.87. The highest BCUT2D eigenvalue weighted by Crippen LogP contribution is 1.99. The maximum Gasteiger partial charge on any atom is 0.219 e. The molecule has 1 amide bonds. The summed E-state index contributed by atoms with van der Waals surface area (Å²) in [6, 6.07) is 0. The third-order valence-corrected chi connectivity index (χ3v) is 3.15. The second-order valence-electron chi connectivity index (χ2n) is 5.59. The van der Waals surface area contributed by atoms with E-state index in [0.717, 1.165) is 64.7 Å². The van der Waals surface area contributed by atoms with E-state index >= 15 is 0 Å². The van der Waals surface area contributed by atoms with Gasteiger partial charge in [0.25, 0.3) is 0 Å². The lowest BCUT2D eigenvalue weighted by atomic mass is 10.2. The van der Waals surface area contributed by atoms with E-state index in [2.05, 4.69) is 5.32 Å². The molecule has 0 saturated carbocycles. The van der Waals surface area contributed by atoms with Crippen LogP contribution in [0, 0.1) is 0 Å². The minimum absolute atomic E-state index is 0.0771. The zero-order valence-corrected chi connectivity index (χ0v) is 14.3. The van der Waals surface area contributed by atoms with E-state index in [-0.39, 0.29) is 18.3 Å². The average Bonchev–Trinajstić information content (AvgIpc) is 2.47. The number of unbranched alkanes of at least 4 members (excludes halogenated alkanes) is 4. The van der Waals surface area contributed by atoms with E-state index in [1.54, 1.807) is 0 Å². The number of ketones is 1. The molecule has 0 bridgehead atoms. The molecular weight excluding hydrogens is 282 g/mol. The zero-order chi connectivity index (χ0) is 16.5. The Morgan fingerprint density at radius 1 is 0.864 bits per heavy atom. The van der Waals surface area contributed by atoms with Crippen LogP contribution in [0.2, 0.25) is 0 Å². The first-order chi connectivity index (χ1) is 10.7. The fraction of sp³-hybridized carbons (Fsp3) is 0.882. The molecule has 0 unspecified atom stereocenters. The van der Waals surface area contributed by atoms with Crippen LogP contribution in [-0.2, 0) is 19.1 Å². The van der Waals surface area contributed by atoms with Crippen LogP contribution in [0.5, 0.6) is 0 Å². The number of rotatable bonds is 16. The van der Waals surface area contributed by atoms with Crippen LogP contribution in [0.3, 0.4) is 0 Å². The van der Waals surface area contributed by atoms with Gasteiger partial charge in [0.1, 0.15) is 6.61 Å². The van der Waals surface area contributed by atoms with Crippen molar-refractivity contribution < 1.29 is 19.1 Å². The van der Waals surface area contributed by atoms with Gasteiger partial charge in [0.2, 0.25) is 5.91 Å². The molecule has 5 heteroatoms. The molecule has 130 valence electrons. The Labute approximate surface area is 135 Å². The van der Waals surface area contributed by atoms with Crippen LogP contribution in [0.4, 0.5) is 0 Å². The smallest absolute Gasteiger partial charge is 0.219 e. The molecule has 0 saturated heterocycles. The van der Waals surface area contributed by atoms with Gasteiger partial charge in [0.05, 0.1) is 0 Å². The van der Waals surface area contributed by atoms with Crippen LogP contribution in [0.15, 0.2) is 0 Å². The molecule has 0 aliphatic heterocycles. The molecule has 0 aromatic carbocycles. The van der Waals surface area contributed by atoms with Crippen molar-refractivity contribution in [2.75, 3.05) is 33.0 Å². The molecule has 0 spiro atoms. The van der Waals surface area contributed by atoms with Crippen LogP contribution in [-0.4, -0.2) is 44.7 Å². The van der Waals surface area contributed by atoms with Gasteiger partial charge in [0, 0.05) is 32.8 Å². The number of carbonyl (C=O) groups is 2. The quantitative estimate of drug-likeness (QED) is 0.445. The number of hydrogen-bond donors (Lipinski definition) is 1. The van der Waals surface area contributed by atoms with E-state index in [1.807, 2.05) is 6.92 Å². The van der Waals surface area contributed by atoms with Gasteiger partial charge in [-0.15, -0.1) is 0 Å². The first-order valence-corrected chi connectivity index (χ1v) is 8.58. The lowest BCUT2D eigenvalue weighted by Gasteiger charge is -2.06. The van der Waals surface area contributed by atoms with E-state index in [9.17, 15) is 9.59 Å². The Kier molecular flexibility index (Phi) is 15.7. The van der Waals surface area contributed by atoms with Gasteiger partial charge in [-0.25, -0.2) is 0 Å². The topological polar surface area (TPSA) is 64.6 Å². The normalized spacial score (nSPS) is 10.6. The zero-order valence-electron chi connectivity index (χ0n) is 14.3. The molecule has 0 radical (unpaired) electrons. The number of hydrogen-bond acceptors (Lipinski definition) is 4. The summed E-state index contributed by atoms with van der Waals surface area (Å²) in [7, 11) is 0. The molecule has 0 aromatic rings. The number of carbonyl (C=O) groups excluding carboxylic acids is 2. The number of nitrogens with one attached hydrogen (secondary N) is 1. The molecule has 0 heterocycles. The van der Waals surface area contributed by atoms with Crippen LogP contribution >= 0.6 is 0 Å². The lowest BCUT2D eigenvalue weighted by Crippen LogP contribution is -2.23. The summed E-state index contributed by atoms with van der Waals surface area (Å²) in [5.74, 6) is 0.235. The standard InChI is InChI=1S/C17H33NO4/c1-3-10-17(20)18-11-6-4-7-12-21-13-8-5-9-14-22-15-16(2)19/h3-15H2,1-2H3,(H,18,20). The van der Waals surface area contributed by atoms with Crippen molar-refractivity contribution in [3.8, 4) is 0 Å². The molecule has 5 nitrogen and oxygen atoms in total. The molecule has 0 fully saturated rings. The summed E-state index contributed by atoms with van der Waals surface area (Å²) < 4.78 is 10.8. The van der Waals surface area contributed by atoms with Gasteiger partial charge in [0.15, 0.2) is 5.78 Å². The lowest BCUT2D eigenvalue weighted by molar-refractivity contribution is -0.122. The van der Waals surface area contributed by atoms with Gasteiger partial charge in [-0.1, -0.05) is 6.92 Å². The van der Waals surface area contributed by atoms with E-state index in [0.29, 0.717) is 13.0 Å². The third kappa shape index (κ3) is 17.1. The molecule has 0 aliphatic rings. The Bertz CT molecular complexity index is 282. The van der Waals surface area contributed by atoms with Crippen molar-refractivity contribution in [2.24, 2.45) is 0 Å². The number of Topliss-reactive ketones (excluding diaryl/α,β-unsaturated/α-hetero) is 1.